The van der Waals surface area contributed by atoms with E-state index in [1.165, 1.54) is 0 Å². The number of halogens is 2. The molecule has 2 amide bonds. The SMILES string of the molecule is O=C(NC1CCCCNC1=O)c1ccc(I)c(Cl)c1. The standard InChI is InChI=1S/C13H14ClIN2O2/c14-9-7-8(4-5-10(9)15)12(18)17-11-3-1-2-6-16-13(11)19/h4-5,7,11H,1-3,6H2,(H,16,19)(H,17,18). The van der Waals surface area contributed by atoms with E-state index in [2.05, 4.69) is 33.2 Å². The van der Waals surface area contributed by atoms with Crippen LogP contribution >= 0.6 is 34.2 Å². The lowest BCUT2D eigenvalue weighted by Crippen LogP contribution is -2.45. The van der Waals surface area contributed by atoms with Gasteiger partial charge >= 0.3 is 0 Å². The predicted molar refractivity (Wildman–Crippen MR) is 82.3 cm³/mol. The van der Waals surface area contributed by atoms with Gasteiger partial charge in [0.05, 0.1) is 5.02 Å². The Bertz CT molecular complexity index is 507. The molecule has 1 saturated heterocycles. The lowest BCUT2D eigenvalue weighted by molar-refractivity contribution is -0.122. The molecule has 6 heteroatoms. The first-order chi connectivity index (χ1) is 9.08. The zero-order valence-corrected chi connectivity index (χ0v) is 13.1. The van der Waals surface area contributed by atoms with Gasteiger partial charge in [-0.1, -0.05) is 11.6 Å². The molecule has 0 aliphatic carbocycles. The maximum Gasteiger partial charge on any atom is 0.251 e. The smallest absolute Gasteiger partial charge is 0.251 e. The van der Waals surface area contributed by atoms with E-state index in [0.29, 0.717) is 23.6 Å². The van der Waals surface area contributed by atoms with Gasteiger partial charge in [-0.25, -0.2) is 0 Å². The third kappa shape index (κ3) is 3.82. The number of nitrogens with one attached hydrogen (secondary N) is 2. The van der Waals surface area contributed by atoms with Crippen LogP contribution in [0.25, 0.3) is 0 Å². The lowest BCUT2D eigenvalue weighted by atomic mass is 10.1. The first-order valence-electron chi connectivity index (χ1n) is 6.11. The normalized spacial score (nSPS) is 19.5. The van der Waals surface area contributed by atoms with Crippen LogP contribution in [0.3, 0.4) is 0 Å². The summed E-state index contributed by atoms with van der Waals surface area (Å²) in [5, 5.41) is 6.09. The summed E-state index contributed by atoms with van der Waals surface area (Å²) in [7, 11) is 0. The molecule has 2 rings (SSSR count). The average molecular weight is 393 g/mol. The fourth-order valence-corrected chi connectivity index (χ4v) is 2.47. The molecule has 0 saturated carbocycles. The Morgan fingerprint density at radius 2 is 2.21 bits per heavy atom. The summed E-state index contributed by atoms with van der Waals surface area (Å²) >= 11 is 8.09. The molecule has 0 radical (unpaired) electrons. The first kappa shape index (κ1) is 14.6. The van der Waals surface area contributed by atoms with Crippen LogP contribution < -0.4 is 10.6 Å². The van der Waals surface area contributed by atoms with Crippen molar-refractivity contribution in [2.24, 2.45) is 0 Å². The summed E-state index contributed by atoms with van der Waals surface area (Å²) in [5.74, 6) is -0.372. The van der Waals surface area contributed by atoms with Crippen LogP contribution in [0.2, 0.25) is 5.02 Å². The first-order valence-corrected chi connectivity index (χ1v) is 7.57. The van der Waals surface area contributed by atoms with Crippen LogP contribution in [0.5, 0.6) is 0 Å². The highest BCUT2D eigenvalue weighted by atomic mass is 127. The second kappa shape index (κ2) is 6.56. The van der Waals surface area contributed by atoms with E-state index < -0.39 is 6.04 Å². The summed E-state index contributed by atoms with van der Waals surface area (Å²) < 4.78 is 0.892. The highest BCUT2D eigenvalue weighted by molar-refractivity contribution is 14.1. The van der Waals surface area contributed by atoms with Crippen molar-refractivity contribution in [2.45, 2.75) is 25.3 Å². The fraction of sp³-hybridized carbons (Fsp3) is 0.385. The van der Waals surface area contributed by atoms with Crippen LogP contribution in [0.4, 0.5) is 0 Å². The van der Waals surface area contributed by atoms with Gasteiger partial charge in [0.2, 0.25) is 5.91 Å². The molecule has 1 heterocycles. The van der Waals surface area contributed by atoms with Crippen molar-refractivity contribution in [2.75, 3.05) is 6.54 Å². The highest BCUT2D eigenvalue weighted by Gasteiger charge is 2.22. The summed E-state index contributed by atoms with van der Waals surface area (Å²) in [6.07, 6.45) is 2.56. The molecule has 1 aliphatic heterocycles. The molecule has 1 aliphatic rings. The maximum absolute atomic E-state index is 12.1. The molecule has 19 heavy (non-hydrogen) atoms. The van der Waals surface area contributed by atoms with Crippen molar-refractivity contribution in [3.63, 3.8) is 0 Å². The largest absolute Gasteiger partial charge is 0.354 e. The van der Waals surface area contributed by atoms with Crippen LogP contribution in [-0.2, 0) is 4.79 Å². The van der Waals surface area contributed by atoms with Crippen molar-refractivity contribution >= 4 is 46.0 Å². The Hall–Kier alpha value is -0.820. The molecule has 0 spiro atoms. The number of hydrogen-bond acceptors (Lipinski definition) is 2. The van der Waals surface area contributed by atoms with Gasteiger partial charge in [-0.2, -0.15) is 0 Å². The third-order valence-electron chi connectivity index (χ3n) is 3.02. The quantitative estimate of drug-likeness (QED) is 0.759. The minimum absolute atomic E-state index is 0.109. The molecule has 0 aromatic heterocycles. The van der Waals surface area contributed by atoms with E-state index in [9.17, 15) is 9.59 Å². The zero-order valence-electron chi connectivity index (χ0n) is 10.2. The number of amides is 2. The molecule has 4 nitrogen and oxygen atoms in total. The Morgan fingerprint density at radius 1 is 1.42 bits per heavy atom. The second-order valence-corrected chi connectivity index (χ2v) is 6.01. The summed E-state index contributed by atoms with van der Waals surface area (Å²) in [4.78, 5) is 23.8. The van der Waals surface area contributed by atoms with E-state index in [1.54, 1.807) is 18.2 Å². The monoisotopic (exact) mass is 392 g/mol. The van der Waals surface area contributed by atoms with Gasteiger partial charge in [0.25, 0.3) is 5.91 Å². The van der Waals surface area contributed by atoms with Gasteiger partial charge in [-0.05, 0) is 60.1 Å². The van der Waals surface area contributed by atoms with E-state index in [0.717, 1.165) is 16.4 Å². The van der Waals surface area contributed by atoms with Gasteiger partial charge in [0.1, 0.15) is 6.04 Å². The molecular weight excluding hydrogens is 379 g/mol. The second-order valence-electron chi connectivity index (χ2n) is 4.44. The van der Waals surface area contributed by atoms with Gasteiger partial charge < -0.3 is 10.6 Å². The lowest BCUT2D eigenvalue weighted by Gasteiger charge is -2.15. The molecule has 1 aromatic rings. The summed E-state index contributed by atoms with van der Waals surface area (Å²) in [5.41, 5.74) is 0.475. The maximum atomic E-state index is 12.1. The number of hydrogen-bond donors (Lipinski definition) is 2. The number of carbonyl (C=O) groups excluding carboxylic acids is 2. The summed E-state index contributed by atoms with van der Waals surface area (Å²) in [6.45, 7) is 0.681. The zero-order chi connectivity index (χ0) is 13.8. The van der Waals surface area contributed by atoms with Crippen LogP contribution in [-0.4, -0.2) is 24.4 Å². The van der Waals surface area contributed by atoms with E-state index >= 15 is 0 Å². The van der Waals surface area contributed by atoms with Crippen molar-refractivity contribution in [1.82, 2.24) is 10.6 Å². The van der Waals surface area contributed by atoms with Gasteiger partial charge in [0, 0.05) is 15.7 Å². The van der Waals surface area contributed by atoms with Crippen LogP contribution in [0.1, 0.15) is 29.6 Å². The third-order valence-corrected chi connectivity index (χ3v) is 4.59. The van der Waals surface area contributed by atoms with Gasteiger partial charge in [-0.3, -0.25) is 9.59 Å². The van der Waals surface area contributed by atoms with E-state index in [4.69, 9.17) is 11.6 Å². The van der Waals surface area contributed by atoms with Crippen molar-refractivity contribution in [3.8, 4) is 0 Å². The topological polar surface area (TPSA) is 58.2 Å². The molecule has 1 atom stereocenters. The molecular formula is C13H14ClIN2O2. The number of rotatable bonds is 2. The van der Waals surface area contributed by atoms with E-state index in [-0.39, 0.29) is 11.8 Å². The molecule has 102 valence electrons. The van der Waals surface area contributed by atoms with Crippen molar-refractivity contribution in [3.05, 3.63) is 32.4 Å². The average Bonchev–Trinajstić information content (AvgIpc) is 2.58. The number of carbonyl (C=O) groups is 2. The molecule has 0 bridgehead atoms. The number of benzene rings is 1. The predicted octanol–water partition coefficient (Wildman–Crippen LogP) is 2.34. The van der Waals surface area contributed by atoms with Crippen molar-refractivity contribution in [1.29, 1.82) is 0 Å². The fourth-order valence-electron chi connectivity index (χ4n) is 1.96. The Balaban J connectivity index is 2.07. The molecule has 1 fully saturated rings. The molecule has 1 unspecified atom stereocenters. The van der Waals surface area contributed by atoms with Crippen LogP contribution in [0.15, 0.2) is 18.2 Å². The Morgan fingerprint density at radius 3 is 2.95 bits per heavy atom. The van der Waals surface area contributed by atoms with Gasteiger partial charge in [0.15, 0.2) is 0 Å². The van der Waals surface area contributed by atoms with Gasteiger partial charge in [-0.15, -0.1) is 0 Å². The van der Waals surface area contributed by atoms with E-state index in [1.807, 2.05) is 0 Å². The molecule has 1 aromatic carbocycles. The van der Waals surface area contributed by atoms with Crippen LogP contribution in [0, 0.1) is 3.57 Å². The Kier molecular flexibility index (Phi) is 5.04. The highest BCUT2D eigenvalue weighted by Crippen LogP contribution is 2.19. The minimum Gasteiger partial charge on any atom is -0.354 e. The minimum atomic E-state index is -0.451. The Labute approximate surface area is 130 Å². The summed E-state index contributed by atoms with van der Waals surface area (Å²) in [6, 6.07) is 4.66. The van der Waals surface area contributed by atoms with Crippen molar-refractivity contribution < 1.29 is 9.59 Å². The molecule has 2 N–H and O–H groups in total.